The lowest BCUT2D eigenvalue weighted by molar-refractivity contribution is -0.134. The molecular formula is C19H27N3O2. The van der Waals surface area contributed by atoms with Gasteiger partial charge >= 0.3 is 0 Å². The third kappa shape index (κ3) is 3.96. The van der Waals surface area contributed by atoms with Gasteiger partial charge in [0.15, 0.2) is 0 Å². The monoisotopic (exact) mass is 329 g/mol. The number of para-hydroxylation sites is 1. The Morgan fingerprint density at radius 2 is 1.83 bits per heavy atom. The number of aryl methyl sites for hydroxylation is 1. The van der Waals surface area contributed by atoms with Gasteiger partial charge in [0, 0.05) is 37.8 Å². The molecule has 0 radical (unpaired) electrons. The topological polar surface area (TPSA) is 52.7 Å². The number of nitrogens with one attached hydrogen (secondary N) is 1. The van der Waals surface area contributed by atoms with Crippen LogP contribution in [0.4, 0.5) is 5.69 Å². The number of nitrogens with zero attached hydrogens (tertiary/aromatic N) is 2. The van der Waals surface area contributed by atoms with Crippen molar-refractivity contribution in [3.05, 3.63) is 29.8 Å². The first kappa shape index (κ1) is 17.0. The molecule has 1 aliphatic heterocycles. The SMILES string of the molecule is CCc1ccccc1NC(=O)CN1CCN(C(=O)C2CC2C)CC1. The molecule has 1 N–H and O–H groups in total. The summed E-state index contributed by atoms with van der Waals surface area (Å²) in [5, 5.41) is 3.02. The first-order valence-electron chi connectivity index (χ1n) is 8.97. The molecular weight excluding hydrogens is 302 g/mol. The van der Waals surface area contributed by atoms with Gasteiger partial charge in [-0.2, -0.15) is 0 Å². The van der Waals surface area contributed by atoms with E-state index in [2.05, 4.69) is 24.1 Å². The van der Waals surface area contributed by atoms with Gasteiger partial charge < -0.3 is 10.2 Å². The van der Waals surface area contributed by atoms with Crippen LogP contribution in [-0.2, 0) is 16.0 Å². The lowest BCUT2D eigenvalue weighted by atomic mass is 10.1. The molecule has 5 nitrogen and oxygen atoms in total. The van der Waals surface area contributed by atoms with Crippen LogP contribution in [0.3, 0.4) is 0 Å². The van der Waals surface area contributed by atoms with Gasteiger partial charge in [0.1, 0.15) is 0 Å². The number of amides is 2. The van der Waals surface area contributed by atoms with Crippen LogP contribution in [0.15, 0.2) is 24.3 Å². The van der Waals surface area contributed by atoms with E-state index in [-0.39, 0.29) is 11.8 Å². The number of hydrogen-bond acceptors (Lipinski definition) is 3. The fourth-order valence-electron chi connectivity index (χ4n) is 3.37. The molecule has 0 spiro atoms. The van der Waals surface area contributed by atoms with Gasteiger partial charge in [0.05, 0.1) is 6.54 Å². The van der Waals surface area contributed by atoms with E-state index < -0.39 is 0 Å². The molecule has 2 aliphatic rings. The van der Waals surface area contributed by atoms with Crippen molar-refractivity contribution in [1.82, 2.24) is 9.80 Å². The van der Waals surface area contributed by atoms with Crippen LogP contribution in [0, 0.1) is 11.8 Å². The highest BCUT2D eigenvalue weighted by Gasteiger charge is 2.41. The quantitative estimate of drug-likeness (QED) is 0.899. The zero-order valence-corrected chi connectivity index (χ0v) is 14.6. The van der Waals surface area contributed by atoms with Crippen molar-refractivity contribution in [2.45, 2.75) is 26.7 Å². The molecule has 0 aromatic heterocycles. The van der Waals surface area contributed by atoms with E-state index in [9.17, 15) is 9.59 Å². The molecule has 130 valence electrons. The lowest BCUT2D eigenvalue weighted by Gasteiger charge is -2.34. The second-order valence-electron chi connectivity index (χ2n) is 6.98. The summed E-state index contributed by atoms with van der Waals surface area (Å²) in [5.41, 5.74) is 2.06. The summed E-state index contributed by atoms with van der Waals surface area (Å²) in [5.74, 6) is 1.14. The molecule has 1 saturated carbocycles. The highest BCUT2D eigenvalue weighted by atomic mass is 16.2. The van der Waals surface area contributed by atoms with Crippen molar-refractivity contribution in [2.24, 2.45) is 11.8 Å². The van der Waals surface area contributed by atoms with Gasteiger partial charge in [-0.3, -0.25) is 14.5 Å². The summed E-state index contributed by atoms with van der Waals surface area (Å²) >= 11 is 0. The van der Waals surface area contributed by atoms with E-state index in [1.165, 1.54) is 0 Å². The molecule has 2 unspecified atom stereocenters. The number of carbonyl (C=O) groups is 2. The number of piperazine rings is 1. The van der Waals surface area contributed by atoms with Crippen molar-refractivity contribution in [1.29, 1.82) is 0 Å². The van der Waals surface area contributed by atoms with Gasteiger partial charge in [-0.25, -0.2) is 0 Å². The Labute approximate surface area is 144 Å². The molecule has 1 aromatic rings. The molecule has 3 rings (SSSR count). The third-order valence-electron chi connectivity index (χ3n) is 5.15. The molecule has 1 saturated heterocycles. The Morgan fingerprint density at radius 3 is 2.46 bits per heavy atom. The minimum absolute atomic E-state index is 0.0199. The molecule has 1 heterocycles. The standard InChI is InChI=1S/C19H27N3O2/c1-3-15-6-4-5-7-17(15)20-18(23)13-21-8-10-22(11-9-21)19(24)16-12-14(16)2/h4-7,14,16H,3,8-13H2,1-2H3,(H,20,23). The summed E-state index contributed by atoms with van der Waals surface area (Å²) in [6.07, 6.45) is 1.94. The van der Waals surface area contributed by atoms with Gasteiger partial charge in [-0.05, 0) is 30.4 Å². The maximum Gasteiger partial charge on any atom is 0.238 e. The van der Waals surface area contributed by atoms with Crippen molar-refractivity contribution >= 4 is 17.5 Å². The maximum atomic E-state index is 12.3. The predicted octanol–water partition coefficient (Wildman–Crippen LogP) is 1.99. The smallest absolute Gasteiger partial charge is 0.238 e. The highest BCUT2D eigenvalue weighted by molar-refractivity contribution is 5.93. The molecule has 5 heteroatoms. The van der Waals surface area contributed by atoms with Gasteiger partial charge in [-0.1, -0.05) is 32.0 Å². The van der Waals surface area contributed by atoms with E-state index in [1.807, 2.05) is 29.2 Å². The fraction of sp³-hybridized carbons (Fsp3) is 0.579. The van der Waals surface area contributed by atoms with Crippen LogP contribution in [-0.4, -0.2) is 54.3 Å². The minimum Gasteiger partial charge on any atom is -0.340 e. The van der Waals surface area contributed by atoms with Crippen LogP contribution < -0.4 is 5.32 Å². The normalized spacial score (nSPS) is 23.8. The number of carbonyl (C=O) groups excluding carboxylic acids is 2. The van der Waals surface area contributed by atoms with Crippen LogP contribution in [0.2, 0.25) is 0 Å². The average Bonchev–Trinajstić information content (AvgIpc) is 3.32. The van der Waals surface area contributed by atoms with E-state index in [1.54, 1.807) is 0 Å². The van der Waals surface area contributed by atoms with E-state index in [0.717, 1.165) is 50.3 Å². The molecule has 0 bridgehead atoms. The van der Waals surface area contributed by atoms with E-state index in [0.29, 0.717) is 18.4 Å². The fourth-order valence-corrected chi connectivity index (χ4v) is 3.37. The number of rotatable bonds is 5. The number of anilines is 1. The lowest BCUT2D eigenvalue weighted by Crippen LogP contribution is -2.51. The Balaban J connectivity index is 1.45. The zero-order chi connectivity index (χ0) is 17.1. The molecule has 2 fully saturated rings. The highest BCUT2D eigenvalue weighted by Crippen LogP contribution is 2.39. The summed E-state index contributed by atoms with van der Waals surface area (Å²) in [6, 6.07) is 7.92. The molecule has 24 heavy (non-hydrogen) atoms. The Bertz CT molecular complexity index is 608. The Morgan fingerprint density at radius 1 is 1.17 bits per heavy atom. The molecule has 2 atom stereocenters. The van der Waals surface area contributed by atoms with Crippen LogP contribution in [0.5, 0.6) is 0 Å². The van der Waals surface area contributed by atoms with Crippen molar-refractivity contribution in [3.8, 4) is 0 Å². The van der Waals surface area contributed by atoms with Crippen LogP contribution >= 0.6 is 0 Å². The second kappa shape index (κ2) is 7.34. The number of hydrogen-bond donors (Lipinski definition) is 1. The van der Waals surface area contributed by atoms with Gasteiger partial charge in [0.25, 0.3) is 0 Å². The van der Waals surface area contributed by atoms with Crippen molar-refractivity contribution in [3.63, 3.8) is 0 Å². The summed E-state index contributed by atoms with van der Waals surface area (Å²) in [7, 11) is 0. The van der Waals surface area contributed by atoms with Crippen LogP contribution in [0.1, 0.15) is 25.8 Å². The first-order valence-corrected chi connectivity index (χ1v) is 8.97. The zero-order valence-electron chi connectivity index (χ0n) is 14.6. The third-order valence-corrected chi connectivity index (χ3v) is 5.15. The van der Waals surface area contributed by atoms with E-state index >= 15 is 0 Å². The molecule has 2 amide bonds. The van der Waals surface area contributed by atoms with Crippen molar-refractivity contribution in [2.75, 3.05) is 38.0 Å². The van der Waals surface area contributed by atoms with Gasteiger partial charge in [-0.15, -0.1) is 0 Å². The second-order valence-corrected chi connectivity index (χ2v) is 6.98. The molecule has 1 aliphatic carbocycles. The summed E-state index contributed by atoms with van der Waals surface area (Å²) in [6.45, 7) is 7.63. The first-order chi connectivity index (χ1) is 11.6. The van der Waals surface area contributed by atoms with Crippen molar-refractivity contribution < 1.29 is 9.59 Å². The minimum atomic E-state index is 0.0199. The number of benzene rings is 1. The van der Waals surface area contributed by atoms with Gasteiger partial charge in [0.2, 0.25) is 11.8 Å². The van der Waals surface area contributed by atoms with Crippen LogP contribution in [0.25, 0.3) is 0 Å². The predicted molar refractivity (Wildman–Crippen MR) is 94.7 cm³/mol. The summed E-state index contributed by atoms with van der Waals surface area (Å²) in [4.78, 5) is 28.6. The largest absolute Gasteiger partial charge is 0.340 e. The molecule has 1 aromatic carbocycles. The summed E-state index contributed by atoms with van der Waals surface area (Å²) < 4.78 is 0. The maximum absolute atomic E-state index is 12.3. The Kier molecular flexibility index (Phi) is 5.19. The average molecular weight is 329 g/mol. The van der Waals surface area contributed by atoms with E-state index in [4.69, 9.17) is 0 Å². The Hall–Kier alpha value is -1.88.